The molecule has 0 aliphatic rings. The molecule has 4 nitrogen and oxygen atoms in total. The number of nitrogens with zero attached hydrogens (tertiary/aromatic N) is 3. The fraction of sp³-hybridized carbons (Fsp3) is 0.438. The minimum atomic E-state index is 0.744. The summed E-state index contributed by atoms with van der Waals surface area (Å²) < 4.78 is 0. The molecule has 1 aromatic carbocycles. The van der Waals surface area contributed by atoms with E-state index in [4.69, 9.17) is 5.73 Å². The van der Waals surface area contributed by atoms with Crippen molar-refractivity contribution in [1.29, 1.82) is 0 Å². The lowest BCUT2D eigenvalue weighted by Crippen LogP contribution is -2.27. The van der Waals surface area contributed by atoms with E-state index in [2.05, 4.69) is 47.9 Å². The summed E-state index contributed by atoms with van der Waals surface area (Å²) in [6, 6.07) is 8.14. The third-order valence-electron chi connectivity index (χ3n) is 3.53. The normalized spacial score (nSPS) is 11.2. The van der Waals surface area contributed by atoms with Gasteiger partial charge in [-0.2, -0.15) is 0 Å². The Morgan fingerprint density at radius 3 is 2.65 bits per heavy atom. The predicted molar refractivity (Wildman–Crippen MR) is 87.2 cm³/mol. The van der Waals surface area contributed by atoms with E-state index in [-0.39, 0.29) is 0 Å². The van der Waals surface area contributed by atoms with Crippen LogP contribution in [0, 0.1) is 0 Å². The first-order valence-electron chi connectivity index (χ1n) is 7.16. The Morgan fingerprint density at radius 2 is 1.95 bits per heavy atom. The van der Waals surface area contributed by atoms with Crippen molar-refractivity contribution in [3.63, 3.8) is 0 Å². The Labute approximate surface area is 121 Å². The van der Waals surface area contributed by atoms with Gasteiger partial charge in [-0.3, -0.25) is 4.98 Å². The summed E-state index contributed by atoms with van der Waals surface area (Å²) in [5.41, 5.74) is 8.89. The van der Waals surface area contributed by atoms with E-state index in [9.17, 15) is 0 Å². The van der Waals surface area contributed by atoms with Crippen molar-refractivity contribution in [3.8, 4) is 0 Å². The zero-order valence-electron chi connectivity index (χ0n) is 12.6. The molecule has 4 heteroatoms. The van der Waals surface area contributed by atoms with Crippen molar-refractivity contribution in [2.24, 2.45) is 0 Å². The molecule has 2 rings (SSSR count). The molecule has 0 bridgehead atoms. The van der Waals surface area contributed by atoms with Crippen LogP contribution < -0.4 is 10.6 Å². The second-order valence-electron chi connectivity index (χ2n) is 5.31. The van der Waals surface area contributed by atoms with Crippen LogP contribution in [0.1, 0.15) is 13.3 Å². The summed E-state index contributed by atoms with van der Waals surface area (Å²) in [5, 5.41) is 1.14. The maximum Gasteiger partial charge on any atom is 0.0951 e. The molecule has 2 N–H and O–H groups in total. The minimum absolute atomic E-state index is 0.744. The maximum absolute atomic E-state index is 6.02. The Bertz CT molecular complexity index is 565. The fourth-order valence-corrected chi connectivity index (χ4v) is 2.48. The number of nitrogens with two attached hydrogens (primary N) is 1. The summed E-state index contributed by atoms with van der Waals surface area (Å²) in [6.45, 7) is 5.32. The lowest BCUT2D eigenvalue weighted by atomic mass is 10.1. The number of benzene rings is 1. The zero-order valence-corrected chi connectivity index (χ0v) is 12.6. The Morgan fingerprint density at radius 1 is 1.15 bits per heavy atom. The molecular formula is C16H24N4. The first kappa shape index (κ1) is 14.6. The predicted octanol–water partition coefficient (Wildman–Crippen LogP) is 2.60. The van der Waals surface area contributed by atoms with Gasteiger partial charge in [-0.15, -0.1) is 0 Å². The van der Waals surface area contributed by atoms with Crippen molar-refractivity contribution < 1.29 is 0 Å². The highest BCUT2D eigenvalue weighted by atomic mass is 15.1. The van der Waals surface area contributed by atoms with E-state index in [1.54, 1.807) is 6.20 Å². The number of anilines is 2. The first-order chi connectivity index (χ1) is 9.63. The third-order valence-corrected chi connectivity index (χ3v) is 3.53. The van der Waals surface area contributed by atoms with E-state index in [1.807, 2.05) is 12.1 Å². The largest absolute Gasteiger partial charge is 0.397 e. The van der Waals surface area contributed by atoms with Crippen molar-refractivity contribution in [1.82, 2.24) is 9.88 Å². The monoisotopic (exact) mass is 272 g/mol. The van der Waals surface area contributed by atoms with Crippen molar-refractivity contribution in [2.45, 2.75) is 13.3 Å². The number of nitrogen functional groups attached to an aromatic ring is 1. The van der Waals surface area contributed by atoms with Crippen LogP contribution in [0.15, 0.2) is 30.5 Å². The van der Waals surface area contributed by atoms with Crippen molar-refractivity contribution in [3.05, 3.63) is 30.5 Å². The van der Waals surface area contributed by atoms with Crippen LogP contribution >= 0.6 is 0 Å². The molecule has 0 atom stereocenters. The SMILES string of the molecule is CCN(CCCN(C)C)c1ccc(N)c2ncccc12. The van der Waals surface area contributed by atoms with Crippen LogP contribution in [0.25, 0.3) is 10.9 Å². The van der Waals surface area contributed by atoms with Crippen LogP contribution in [-0.2, 0) is 0 Å². The average molecular weight is 272 g/mol. The molecule has 0 aliphatic carbocycles. The van der Waals surface area contributed by atoms with Gasteiger partial charge in [-0.25, -0.2) is 0 Å². The number of pyridine rings is 1. The molecule has 0 spiro atoms. The van der Waals surface area contributed by atoms with Gasteiger partial charge >= 0.3 is 0 Å². The standard InChI is InChI=1S/C16H24N4/c1-4-20(12-6-11-19(2)3)15-9-8-14(17)16-13(15)7-5-10-18-16/h5,7-10H,4,6,11-12,17H2,1-3H3. The third kappa shape index (κ3) is 3.20. The molecule has 108 valence electrons. The minimum Gasteiger partial charge on any atom is -0.397 e. The molecule has 1 aromatic heterocycles. The van der Waals surface area contributed by atoms with E-state index in [0.717, 1.165) is 42.6 Å². The molecule has 20 heavy (non-hydrogen) atoms. The molecule has 2 aromatic rings. The van der Waals surface area contributed by atoms with Crippen LogP contribution in [0.4, 0.5) is 11.4 Å². The lowest BCUT2D eigenvalue weighted by molar-refractivity contribution is 0.401. The van der Waals surface area contributed by atoms with E-state index >= 15 is 0 Å². The van der Waals surface area contributed by atoms with Gasteiger partial charge in [0.25, 0.3) is 0 Å². The molecule has 0 radical (unpaired) electrons. The molecule has 0 fully saturated rings. The number of rotatable bonds is 6. The van der Waals surface area contributed by atoms with Gasteiger partial charge in [0.05, 0.1) is 11.2 Å². The Kier molecular flexibility index (Phi) is 4.79. The summed E-state index contributed by atoms with van der Waals surface area (Å²) in [4.78, 5) is 9.02. The van der Waals surface area contributed by atoms with Crippen LogP contribution in [0.2, 0.25) is 0 Å². The average Bonchev–Trinajstić information content (AvgIpc) is 2.45. The molecule has 0 saturated heterocycles. The van der Waals surface area contributed by atoms with E-state index < -0.39 is 0 Å². The number of aromatic nitrogens is 1. The summed E-state index contributed by atoms with van der Waals surface area (Å²) >= 11 is 0. The number of hydrogen-bond acceptors (Lipinski definition) is 4. The smallest absolute Gasteiger partial charge is 0.0951 e. The summed E-state index contributed by atoms with van der Waals surface area (Å²) in [7, 11) is 4.22. The van der Waals surface area contributed by atoms with E-state index in [1.165, 1.54) is 5.69 Å². The van der Waals surface area contributed by atoms with Gasteiger partial charge in [-0.1, -0.05) is 0 Å². The fourth-order valence-electron chi connectivity index (χ4n) is 2.48. The van der Waals surface area contributed by atoms with Crippen molar-refractivity contribution >= 4 is 22.3 Å². The first-order valence-corrected chi connectivity index (χ1v) is 7.16. The zero-order chi connectivity index (χ0) is 14.5. The topological polar surface area (TPSA) is 45.4 Å². The number of fused-ring (bicyclic) bond motifs is 1. The molecule has 0 amide bonds. The van der Waals surface area contributed by atoms with Gasteiger partial charge in [-0.05, 0) is 58.3 Å². The van der Waals surface area contributed by atoms with Crippen LogP contribution in [0.3, 0.4) is 0 Å². The maximum atomic E-state index is 6.02. The summed E-state index contributed by atoms with van der Waals surface area (Å²) in [5.74, 6) is 0. The van der Waals surface area contributed by atoms with Gasteiger partial charge in [0, 0.05) is 30.4 Å². The second kappa shape index (κ2) is 6.57. The highest BCUT2D eigenvalue weighted by molar-refractivity contribution is 5.98. The molecule has 0 unspecified atom stereocenters. The van der Waals surface area contributed by atoms with Gasteiger partial charge in [0.1, 0.15) is 0 Å². The van der Waals surface area contributed by atoms with Gasteiger partial charge in [0.2, 0.25) is 0 Å². The molecule has 1 heterocycles. The van der Waals surface area contributed by atoms with Gasteiger partial charge < -0.3 is 15.5 Å². The molecular weight excluding hydrogens is 248 g/mol. The van der Waals surface area contributed by atoms with Crippen molar-refractivity contribution in [2.75, 3.05) is 44.4 Å². The lowest BCUT2D eigenvalue weighted by Gasteiger charge is -2.25. The van der Waals surface area contributed by atoms with Gasteiger partial charge in [0.15, 0.2) is 0 Å². The van der Waals surface area contributed by atoms with Crippen LogP contribution in [0.5, 0.6) is 0 Å². The highest BCUT2D eigenvalue weighted by Crippen LogP contribution is 2.29. The Hall–Kier alpha value is -1.81. The molecule has 0 saturated carbocycles. The quantitative estimate of drug-likeness (QED) is 0.821. The highest BCUT2D eigenvalue weighted by Gasteiger charge is 2.10. The van der Waals surface area contributed by atoms with E-state index in [0.29, 0.717) is 0 Å². The Balaban J connectivity index is 2.28. The summed E-state index contributed by atoms with van der Waals surface area (Å²) in [6.07, 6.45) is 2.94. The molecule has 0 aliphatic heterocycles. The van der Waals surface area contributed by atoms with Crippen LogP contribution in [-0.4, -0.2) is 43.6 Å². The second-order valence-corrected chi connectivity index (χ2v) is 5.31. The number of hydrogen-bond donors (Lipinski definition) is 1.